The first-order chi connectivity index (χ1) is 15.7. The number of hydrogen-bond acceptors (Lipinski definition) is 4. The van der Waals surface area contributed by atoms with E-state index in [2.05, 4.69) is 9.97 Å². The molecular formula is C23H17F4N5O. The molecule has 1 saturated heterocycles. The zero-order valence-electron chi connectivity index (χ0n) is 17.1. The van der Waals surface area contributed by atoms with Crippen molar-refractivity contribution in [1.29, 1.82) is 0 Å². The highest BCUT2D eigenvalue weighted by molar-refractivity contribution is 5.99. The Labute approximate surface area is 184 Å². The van der Waals surface area contributed by atoms with Gasteiger partial charge < -0.3 is 10.6 Å². The summed E-state index contributed by atoms with van der Waals surface area (Å²) in [6.45, 7) is 0.335. The molecule has 2 aromatic heterocycles. The van der Waals surface area contributed by atoms with Gasteiger partial charge in [0, 0.05) is 12.6 Å². The van der Waals surface area contributed by atoms with Crippen LogP contribution >= 0.6 is 0 Å². The smallest absolute Gasteiger partial charge is 0.382 e. The van der Waals surface area contributed by atoms with Crippen molar-refractivity contribution in [2.45, 2.75) is 31.0 Å². The zero-order valence-corrected chi connectivity index (χ0v) is 17.1. The molecule has 1 amide bonds. The second-order valence-corrected chi connectivity index (χ2v) is 8.54. The fourth-order valence-electron chi connectivity index (χ4n) is 5.21. The Morgan fingerprint density at radius 2 is 1.94 bits per heavy atom. The third kappa shape index (κ3) is 2.89. The van der Waals surface area contributed by atoms with Gasteiger partial charge in [-0.3, -0.25) is 9.20 Å². The summed E-state index contributed by atoms with van der Waals surface area (Å²) in [7, 11) is 0. The number of rotatable bonds is 1. The number of alkyl halides is 3. The molecule has 1 aliphatic heterocycles. The van der Waals surface area contributed by atoms with Gasteiger partial charge in [-0.1, -0.05) is 6.07 Å². The standard InChI is InChI=1S/C23H17F4N5O/c24-16-8-17-19(32-10-29-9-20(32)21(28)30-17)7-15(16)22(33)31-4-3-11-5-18(31)13-2-1-12(6-14(11)13)23(25,26)27/h1-2,6-11,18H,3-5H2,(H2,28,30). The summed E-state index contributed by atoms with van der Waals surface area (Å²) in [5.41, 5.74) is 7.74. The van der Waals surface area contributed by atoms with Crippen LogP contribution in [0.4, 0.5) is 23.4 Å². The summed E-state index contributed by atoms with van der Waals surface area (Å²) in [6, 6.07) is 5.90. The first-order valence-electron chi connectivity index (χ1n) is 10.4. The van der Waals surface area contributed by atoms with Crippen LogP contribution in [0.2, 0.25) is 0 Å². The SMILES string of the molecule is Nc1nc2cc(F)c(C(=O)N3CCC4CC3c3ccc(C(F)(F)F)cc34)cc2n2cncc12. The maximum absolute atomic E-state index is 15.0. The molecule has 33 heavy (non-hydrogen) atoms. The molecule has 168 valence electrons. The Balaban J connectivity index is 1.42. The predicted octanol–water partition coefficient (Wildman–Crippen LogP) is 4.70. The number of amides is 1. The summed E-state index contributed by atoms with van der Waals surface area (Å²) in [5, 5.41) is 0. The van der Waals surface area contributed by atoms with E-state index in [1.807, 2.05) is 0 Å². The Hall–Kier alpha value is -3.69. The van der Waals surface area contributed by atoms with Gasteiger partial charge in [0.2, 0.25) is 0 Å². The van der Waals surface area contributed by atoms with Gasteiger partial charge in [0.05, 0.1) is 40.7 Å². The number of likely N-dealkylation sites (tertiary alicyclic amines) is 1. The Bertz CT molecular complexity index is 1460. The van der Waals surface area contributed by atoms with Crippen LogP contribution in [0.25, 0.3) is 16.6 Å². The van der Waals surface area contributed by atoms with Gasteiger partial charge in [0.1, 0.15) is 17.2 Å². The number of carbonyl (C=O) groups excluding carboxylic acids is 1. The summed E-state index contributed by atoms with van der Waals surface area (Å²) in [5.74, 6) is -1.08. The molecule has 6 nitrogen and oxygen atoms in total. The molecule has 0 spiro atoms. The number of anilines is 1. The molecule has 0 radical (unpaired) electrons. The van der Waals surface area contributed by atoms with Gasteiger partial charge >= 0.3 is 6.18 Å². The predicted molar refractivity (Wildman–Crippen MR) is 112 cm³/mol. The van der Waals surface area contributed by atoms with Gasteiger partial charge in [0.15, 0.2) is 0 Å². The fourth-order valence-corrected chi connectivity index (χ4v) is 5.21. The largest absolute Gasteiger partial charge is 0.416 e. The van der Waals surface area contributed by atoms with Crippen LogP contribution in [0, 0.1) is 5.82 Å². The number of aromatic nitrogens is 3. The molecule has 6 rings (SSSR count). The molecule has 2 unspecified atom stereocenters. The van der Waals surface area contributed by atoms with Crippen molar-refractivity contribution in [3.05, 3.63) is 70.9 Å². The van der Waals surface area contributed by atoms with E-state index in [1.165, 1.54) is 36.8 Å². The lowest BCUT2D eigenvalue weighted by molar-refractivity contribution is -0.137. The topological polar surface area (TPSA) is 76.5 Å². The Morgan fingerprint density at radius 3 is 2.73 bits per heavy atom. The molecular weight excluding hydrogens is 438 g/mol. The van der Waals surface area contributed by atoms with E-state index >= 15 is 4.39 Å². The molecule has 1 fully saturated rings. The van der Waals surface area contributed by atoms with E-state index in [9.17, 15) is 18.0 Å². The van der Waals surface area contributed by atoms with E-state index in [4.69, 9.17) is 5.73 Å². The first kappa shape index (κ1) is 20.0. The van der Waals surface area contributed by atoms with Crippen LogP contribution in [0.3, 0.4) is 0 Å². The maximum atomic E-state index is 15.0. The minimum atomic E-state index is -4.43. The number of nitrogens with two attached hydrogens (primary N) is 1. The summed E-state index contributed by atoms with van der Waals surface area (Å²) < 4.78 is 56.2. The van der Waals surface area contributed by atoms with Gasteiger partial charge in [-0.05, 0) is 48.1 Å². The minimum absolute atomic E-state index is 0.0458. The number of carbonyl (C=O) groups is 1. The van der Waals surface area contributed by atoms with E-state index in [1.54, 1.807) is 9.30 Å². The number of hydrogen-bond donors (Lipinski definition) is 1. The van der Waals surface area contributed by atoms with Gasteiger partial charge in [-0.15, -0.1) is 0 Å². The number of nitrogens with zero attached hydrogens (tertiary/aromatic N) is 4. The number of piperidine rings is 1. The van der Waals surface area contributed by atoms with Crippen LogP contribution in [0.1, 0.15) is 51.8 Å². The Morgan fingerprint density at radius 1 is 1.12 bits per heavy atom. The highest BCUT2D eigenvalue weighted by Gasteiger charge is 2.43. The van der Waals surface area contributed by atoms with Crippen molar-refractivity contribution in [2.24, 2.45) is 0 Å². The van der Waals surface area contributed by atoms with Crippen LogP contribution in [0.15, 0.2) is 42.9 Å². The Kier molecular flexibility index (Phi) is 4.03. The lowest BCUT2D eigenvalue weighted by Crippen LogP contribution is -2.38. The number of fused-ring (bicyclic) bond motifs is 8. The van der Waals surface area contributed by atoms with Crippen molar-refractivity contribution >= 4 is 28.3 Å². The molecule has 10 heteroatoms. The second kappa shape index (κ2) is 6.66. The quantitative estimate of drug-likeness (QED) is 0.422. The molecule has 2 aliphatic rings. The van der Waals surface area contributed by atoms with Crippen molar-refractivity contribution in [1.82, 2.24) is 19.3 Å². The monoisotopic (exact) mass is 455 g/mol. The van der Waals surface area contributed by atoms with Crippen LogP contribution in [-0.4, -0.2) is 31.7 Å². The normalized spacial score (nSPS) is 19.9. The minimum Gasteiger partial charge on any atom is -0.382 e. The molecule has 0 saturated carbocycles. The van der Waals surface area contributed by atoms with E-state index in [-0.39, 0.29) is 28.9 Å². The molecule has 4 aromatic rings. The van der Waals surface area contributed by atoms with Gasteiger partial charge in [0.25, 0.3) is 5.91 Å². The van der Waals surface area contributed by atoms with Crippen molar-refractivity contribution in [2.75, 3.05) is 12.3 Å². The lowest BCUT2D eigenvalue weighted by Gasteiger charge is -2.34. The highest BCUT2D eigenvalue weighted by Crippen LogP contribution is 2.50. The van der Waals surface area contributed by atoms with Crippen LogP contribution in [-0.2, 0) is 6.18 Å². The molecule has 2 atom stereocenters. The number of benzene rings is 2. The number of imidazole rings is 1. The summed E-state index contributed by atoms with van der Waals surface area (Å²) >= 11 is 0. The molecule has 2 aromatic carbocycles. The average Bonchev–Trinajstić information content (AvgIpc) is 3.37. The molecule has 2 N–H and O–H groups in total. The van der Waals surface area contributed by atoms with Crippen LogP contribution < -0.4 is 5.73 Å². The molecule has 2 bridgehead atoms. The van der Waals surface area contributed by atoms with Gasteiger partial charge in [-0.2, -0.15) is 13.2 Å². The maximum Gasteiger partial charge on any atom is 0.416 e. The molecule has 1 aliphatic carbocycles. The van der Waals surface area contributed by atoms with Crippen molar-refractivity contribution in [3.63, 3.8) is 0 Å². The highest BCUT2D eigenvalue weighted by atomic mass is 19.4. The average molecular weight is 455 g/mol. The lowest BCUT2D eigenvalue weighted by atomic mass is 9.94. The second-order valence-electron chi connectivity index (χ2n) is 8.54. The van der Waals surface area contributed by atoms with Crippen molar-refractivity contribution in [3.8, 4) is 0 Å². The van der Waals surface area contributed by atoms with E-state index in [0.29, 0.717) is 41.5 Å². The summed E-state index contributed by atoms with van der Waals surface area (Å²) in [6.07, 6.45) is -0.330. The van der Waals surface area contributed by atoms with Crippen LogP contribution in [0.5, 0.6) is 0 Å². The number of halogens is 4. The van der Waals surface area contributed by atoms with E-state index < -0.39 is 23.5 Å². The third-order valence-electron chi connectivity index (χ3n) is 6.77. The van der Waals surface area contributed by atoms with Crippen molar-refractivity contribution < 1.29 is 22.4 Å². The number of nitrogen functional groups attached to an aromatic ring is 1. The van der Waals surface area contributed by atoms with Gasteiger partial charge in [-0.25, -0.2) is 14.4 Å². The summed E-state index contributed by atoms with van der Waals surface area (Å²) in [4.78, 5) is 23.3. The third-order valence-corrected chi connectivity index (χ3v) is 6.77. The van der Waals surface area contributed by atoms with E-state index in [0.717, 1.165) is 6.07 Å². The first-order valence-corrected chi connectivity index (χ1v) is 10.4. The zero-order chi connectivity index (χ0) is 23.1. The fraction of sp³-hybridized carbons (Fsp3) is 0.261. The molecule has 3 heterocycles.